The first kappa shape index (κ1) is 13.2. The second-order valence-corrected chi connectivity index (χ2v) is 5.58. The molecule has 2 heteroatoms. The molecule has 0 spiro atoms. The van der Waals surface area contributed by atoms with E-state index < -0.39 is 0 Å². The molecule has 0 radical (unpaired) electrons. The summed E-state index contributed by atoms with van der Waals surface area (Å²) in [4.78, 5) is 0. The van der Waals surface area contributed by atoms with Crippen molar-refractivity contribution in [1.82, 2.24) is 0 Å². The fourth-order valence-corrected chi connectivity index (χ4v) is 2.07. The molecular formula is C14H23NO. The highest BCUT2D eigenvalue weighted by Crippen LogP contribution is 2.31. The largest absolute Gasteiger partial charge is 0.384 e. The second kappa shape index (κ2) is 4.56. The summed E-state index contributed by atoms with van der Waals surface area (Å²) in [6.07, 6.45) is 0. The van der Waals surface area contributed by atoms with E-state index in [0.29, 0.717) is 6.61 Å². The topological polar surface area (TPSA) is 35.2 Å². The van der Waals surface area contributed by atoms with Gasteiger partial charge in [-0.05, 0) is 25.0 Å². The Hall–Kier alpha value is -0.860. The molecular weight excluding hydrogens is 198 g/mol. The Bertz CT molecular complexity index is 350. The van der Waals surface area contributed by atoms with Crippen LogP contribution in [-0.4, -0.2) is 13.7 Å². The van der Waals surface area contributed by atoms with E-state index in [2.05, 4.69) is 32.0 Å². The number of hydrogen-bond acceptors (Lipinski definition) is 2. The third kappa shape index (κ3) is 2.83. The molecule has 16 heavy (non-hydrogen) atoms. The van der Waals surface area contributed by atoms with Crippen LogP contribution in [0.3, 0.4) is 0 Å². The monoisotopic (exact) mass is 221 g/mol. The summed E-state index contributed by atoms with van der Waals surface area (Å²) < 4.78 is 5.29. The van der Waals surface area contributed by atoms with Crippen LogP contribution in [-0.2, 0) is 15.7 Å². The zero-order chi connectivity index (χ0) is 12.4. The van der Waals surface area contributed by atoms with Crippen molar-refractivity contribution in [1.29, 1.82) is 0 Å². The van der Waals surface area contributed by atoms with E-state index in [4.69, 9.17) is 10.5 Å². The molecule has 1 rings (SSSR count). The zero-order valence-corrected chi connectivity index (χ0v) is 11.0. The van der Waals surface area contributed by atoms with Gasteiger partial charge < -0.3 is 10.5 Å². The SMILES string of the molecule is COCC(C)(C)c1ccccc1C(C)(C)N. The van der Waals surface area contributed by atoms with E-state index in [9.17, 15) is 0 Å². The van der Waals surface area contributed by atoms with E-state index >= 15 is 0 Å². The van der Waals surface area contributed by atoms with Gasteiger partial charge in [0.15, 0.2) is 0 Å². The first-order chi connectivity index (χ1) is 7.29. The lowest BCUT2D eigenvalue weighted by Gasteiger charge is -2.32. The van der Waals surface area contributed by atoms with Crippen molar-refractivity contribution in [3.8, 4) is 0 Å². The summed E-state index contributed by atoms with van der Waals surface area (Å²) in [5, 5.41) is 0. The van der Waals surface area contributed by atoms with Gasteiger partial charge in [-0.25, -0.2) is 0 Å². The van der Waals surface area contributed by atoms with Crippen LogP contribution in [0.25, 0.3) is 0 Å². The summed E-state index contributed by atoms with van der Waals surface area (Å²) in [6, 6.07) is 8.34. The predicted octanol–water partition coefficient (Wildman–Crippen LogP) is 2.80. The molecule has 1 aromatic carbocycles. The normalized spacial score (nSPS) is 12.9. The summed E-state index contributed by atoms with van der Waals surface area (Å²) in [5.41, 5.74) is 8.34. The molecule has 0 aliphatic rings. The average molecular weight is 221 g/mol. The van der Waals surface area contributed by atoms with Crippen molar-refractivity contribution < 1.29 is 4.74 Å². The van der Waals surface area contributed by atoms with Crippen molar-refractivity contribution in [3.05, 3.63) is 35.4 Å². The molecule has 0 aromatic heterocycles. The first-order valence-corrected chi connectivity index (χ1v) is 5.67. The summed E-state index contributed by atoms with van der Waals surface area (Å²) in [7, 11) is 1.73. The van der Waals surface area contributed by atoms with E-state index in [0.717, 1.165) is 0 Å². The Kier molecular flexibility index (Phi) is 3.76. The van der Waals surface area contributed by atoms with E-state index in [1.165, 1.54) is 11.1 Å². The molecule has 1 aromatic rings. The van der Waals surface area contributed by atoms with Crippen LogP contribution in [0.1, 0.15) is 38.8 Å². The maximum atomic E-state index is 6.21. The maximum Gasteiger partial charge on any atom is 0.0553 e. The Labute approximate surface area is 98.8 Å². The van der Waals surface area contributed by atoms with E-state index in [-0.39, 0.29) is 11.0 Å². The molecule has 0 amide bonds. The number of rotatable bonds is 4. The first-order valence-electron chi connectivity index (χ1n) is 5.67. The van der Waals surface area contributed by atoms with Gasteiger partial charge in [0.25, 0.3) is 0 Å². The highest BCUT2D eigenvalue weighted by Gasteiger charge is 2.27. The number of methoxy groups -OCH3 is 1. The Morgan fingerprint density at radius 1 is 1.06 bits per heavy atom. The molecule has 0 heterocycles. The van der Waals surface area contributed by atoms with Crippen molar-refractivity contribution in [2.24, 2.45) is 5.73 Å². The van der Waals surface area contributed by atoms with Crippen molar-refractivity contribution >= 4 is 0 Å². The lowest BCUT2D eigenvalue weighted by atomic mass is 9.78. The van der Waals surface area contributed by atoms with Gasteiger partial charge in [0, 0.05) is 18.1 Å². The Balaban J connectivity index is 3.23. The van der Waals surface area contributed by atoms with Crippen LogP contribution in [0.15, 0.2) is 24.3 Å². The minimum Gasteiger partial charge on any atom is -0.384 e. The molecule has 0 fully saturated rings. The van der Waals surface area contributed by atoms with Crippen molar-refractivity contribution in [2.75, 3.05) is 13.7 Å². The highest BCUT2D eigenvalue weighted by molar-refractivity contribution is 5.37. The minimum atomic E-state index is -0.318. The molecule has 0 aliphatic carbocycles. The number of benzene rings is 1. The van der Waals surface area contributed by atoms with Gasteiger partial charge in [-0.15, -0.1) is 0 Å². The summed E-state index contributed by atoms with van der Waals surface area (Å²) in [6.45, 7) is 9.13. The van der Waals surface area contributed by atoms with Gasteiger partial charge in [0.2, 0.25) is 0 Å². The minimum absolute atomic E-state index is 0.0119. The van der Waals surface area contributed by atoms with Crippen LogP contribution in [0.5, 0.6) is 0 Å². The van der Waals surface area contributed by atoms with Crippen LogP contribution >= 0.6 is 0 Å². The third-order valence-corrected chi connectivity index (χ3v) is 2.86. The lowest BCUT2D eigenvalue weighted by Crippen LogP contribution is -2.34. The van der Waals surface area contributed by atoms with Crippen molar-refractivity contribution in [3.63, 3.8) is 0 Å². The molecule has 2 N–H and O–H groups in total. The average Bonchev–Trinajstić information content (AvgIpc) is 2.16. The van der Waals surface area contributed by atoms with Gasteiger partial charge in [-0.2, -0.15) is 0 Å². The van der Waals surface area contributed by atoms with Gasteiger partial charge in [-0.3, -0.25) is 0 Å². The predicted molar refractivity (Wildman–Crippen MR) is 68.6 cm³/mol. The van der Waals surface area contributed by atoms with E-state index in [1.807, 2.05) is 19.9 Å². The third-order valence-electron chi connectivity index (χ3n) is 2.86. The van der Waals surface area contributed by atoms with Gasteiger partial charge in [-0.1, -0.05) is 38.1 Å². The van der Waals surface area contributed by atoms with Crippen LogP contribution in [0.4, 0.5) is 0 Å². The molecule has 90 valence electrons. The van der Waals surface area contributed by atoms with Crippen LogP contribution in [0.2, 0.25) is 0 Å². The maximum absolute atomic E-state index is 6.21. The molecule has 0 atom stereocenters. The molecule has 2 nitrogen and oxygen atoms in total. The quantitative estimate of drug-likeness (QED) is 0.848. The van der Waals surface area contributed by atoms with E-state index in [1.54, 1.807) is 7.11 Å². The molecule has 0 saturated carbocycles. The highest BCUT2D eigenvalue weighted by atomic mass is 16.5. The Morgan fingerprint density at radius 3 is 2.00 bits per heavy atom. The zero-order valence-electron chi connectivity index (χ0n) is 11.0. The van der Waals surface area contributed by atoms with Gasteiger partial charge >= 0.3 is 0 Å². The fraction of sp³-hybridized carbons (Fsp3) is 0.571. The Morgan fingerprint density at radius 2 is 1.56 bits per heavy atom. The van der Waals surface area contributed by atoms with Crippen LogP contribution in [0, 0.1) is 0 Å². The van der Waals surface area contributed by atoms with Gasteiger partial charge in [0.1, 0.15) is 0 Å². The fourth-order valence-electron chi connectivity index (χ4n) is 2.07. The molecule has 0 bridgehead atoms. The molecule has 0 saturated heterocycles. The number of ether oxygens (including phenoxy) is 1. The smallest absolute Gasteiger partial charge is 0.0553 e. The lowest BCUT2D eigenvalue weighted by molar-refractivity contribution is 0.145. The number of nitrogens with two attached hydrogens (primary N) is 1. The molecule has 0 aliphatic heterocycles. The van der Waals surface area contributed by atoms with Gasteiger partial charge in [0.05, 0.1) is 6.61 Å². The molecule has 0 unspecified atom stereocenters. The summed E-state index contributed by atoms with van der Waals surface area (Å²) >= 11 is 0. The summed E-state index contributed by atoms with van der Waals surface area (Å²) in [5.74, 6) is 0. The van der Waals surface area contributed by atoms with Crippen LogP contribution < -0.4 is 5.73 Å². The standard InChI is InChI=1S/C14H23NO/c1-13(2,10-16-5)11-8-6-7-9-12(11)14(3,4)15/h6-9H,10,15H2,1-5H3. The number of hydrogen-bond donors (Lipinski definition) is 1. The van der Waals surface area contributed by atoms with Crippen molar-refractivity contribution in [2.45, 2.75) is 38.6 Å². The second-order valence-electron chi connectivity index (χ2n) is 5.58.